The fourth-order valence-corrected chi connectivity index (χ4v) is 3.93. The largest absolute Gasteiger partial charge is 0.325 e. The Hall–Kier alpha value is -0.440. The average Bonchev–Trinajstić information content (AvgIpc) is 2.77. The number of aryl methyl sites for hydroxylation is 1. The molecule has 1 aliphatic rings. The summed E-state index contributed by atoms with van der Waals surface area (Å²) < 4.78 is 2.36. The Morgan fingerprint density at radius 3 is 2.71 bits per heavy atom. The summed E-state index contributed by atoms with van der Waals surface area (Å²) in [6, 6.07) is 4.30. The molecule has 0 N–H and O–H groups in total. The van der Waals surface area contributed by atoms with E-state index in [1.165, 1.54) is 25.7 Å². The first-order chi connectivity index (χ1) is 10.1. The molecule has 5 heteroatoms. The zero-order valence-electron chi connectivity index (χ0n) is 12.1. The van der Waals surface area contributed by atoms with Gasteiger partial charge in [0.05, 0.1) is 21.1 Å². The second-order valence-electron chi connectivity index (χ2n) is 6.02. The highest BCUT2D eigenvalue weighted by molar-refractivity contribution is 6.42. The van der Waals surface area contributed by atoms with E-state index in [1.807, 2.05) is 12.1 Å². The minimum Gasteiger partial charge on any atom is -0.325 e. The van der Waals surface area contributed by atoms with Gasteiger partial charge in [0.2, 0.25) is 0 Å². The highest BCUT2D eigenvalue weighted by Crippen LogP contribution is 2.37. The van der Waals surface area contributed by atoms with Crippen molar-refractivity contribution in [2.75, 3.05) is 5.88 Å². The number of halogens is 3. The second kappa shape index (κ2) is 6.36. The quantitative estimate of drug-likeness (QED) is 0.635. The van der Waals surface area contributed by atoms with Crippen LogP contribution in [0.4, 0.5) is 0 Å². The standard InChI is InChI=1S/C16H19Cl3N2/c1-10-3-2-4-11(7-10)21-15-9-13(19)12(18)8-14(15)20-16(21)5-6-17/h8-11H,2-7H2,1H3. The molecular weight excluding hydrogens is 327 g/mol. The van der Waals surface area contributed by atoms with Crippen molar-refractivity contribution >= 4 is 45.8 Å². The van der Waals surface area contributed by atoms with E-state index in [1.54, 1.807) is 0 Å². The molecule has 0 radical (unpaired) electrons. The molecule has 1 fully saturated rings. The van der Waals surface area contributed by atoms with Crippen LogP contribution in [-0.4, -0.2) is 15.4 Å². The van der Waals surface area contributed by atoms with Gasteiger partial charge >= 0.3 is 0 Å². The third-order valence-electron chi connectivity index (χ3n) is 4.40. The summed E-state index contributed by atoms with van der Waals surface area (Å²) in [7, 11) is 0. The third kappa shape index (κ3) is 3.04. The molecule has 1 saturated carbocycles. The lowest BCUT2D eigenvalue weighted by molar-refractivity contribution is 0.283. The highest BCUT2D eigenvalue weighted by atomic mass is 35.5. The van der Waals surface area contributed by atoms with Crippen molar-refractivity contribution in [3.05, 3.63) is 28.0 Å². The lowest BCUT2D eigenvalue weighted by Gasteiger charge is -2.29. The Kier molecular flexibility index (Phi) is 4.68. The predicted octanol–water partition coefficient (Wildman–Crippen LogP) is 5.88. The van der Waals surface area contributed by atoms with Gasteiger partial charge in [-0.3, -0.25) is 0 Å². The van der Waals surface area contributed by atoms with Crippen molar-refractivity contribution in [1.29, 1.82) is 0 Å². The molecule has 114 valence electrons. The molecule has 21 heavy (non-hydrogen) atoms. The first-order valence-electron chi connectivity index (χ1n) is 7.52. The number of imidazole rings is 1. The minimum atomic E-state index is 0.495. The van der Waals surface area contributed by atoms with Crippen LogP contribution in [0.5, 0.6) is 0 Å². The van der Waals surface area contributed by atoms with Crippen LogP contribution >= 0.6 is 34.8 Å². The molecule has 0 spiro atoms. The number of alkyl halides is 1. The van der Waals surface area contributed by atoms with Crippen molar-refractivity contribution in [1.82, 2.24) is 9.55 Å². The normalized spacial score (nSPS) is 22.9. The first-order valence-corrected chi connectivity index (χ1v) is 8.81. The Bertz CT molecular complexity index is 650. The van der Waals surface area contributed by atoms with Gasteiger partial charge in [0.1, 0.15) is 5.82 Å². The average molecular weight is 346 g/mol. The zero-order chi connectivity index (χ0) is 15.0. The molecule has 3 rings (SSSR count). The van der Waals surface area contributed by atoms with Crippen LogP contribution in [0.1, 0.15) is 44.5 Å². The summed E-state index contributed by atoms with van der Waals surface area (Å²) in [5, 5.41) is 1.15. The molecule has 2 aromatic rings. The van der Waals surface area contributed by atoms with Gasteiger partial charge in [-0.1, -0.05) is 43.0 Å². The van der Waals surface area contributed by atoms with Crippen LogP contribution in [0, 0.1) is 5.92 Å². The number of nitrogens with zero attached hydrogens (tertiary/aromatic N) is 2. The number of aromatic nitrogens is 2. The first kappa shape index (κ1) is 15.5. The smallest absolute Gasteiger partial charge is 0.111 e. The van der Waals surface area contributed by atoms with Gasteiger partial charge in [-0.05, 0) is 30.9 Å². The molecule has 1 aliphatic carbocycles. The summed E-state index contributed by atoms with van der Waals surface area (Å²) in [5.74, 6) is 2.39. The van der Waals surface area contributed by atoms with E-state index in [0.29, 0.717) is 22.0 Å². The Morgan fingerprint density at radius 1 is 1.24 bits per heavy atom. The molecule has 1 aromatic heterocycles. The summed E-state index contributed by atoms with van der Waals surface area (Å²) in [4.78, 5) is 4.74. The lowest BCUT2D eigenvalue weighted by atomic mass is 9.87. The van der Waals surface area contributed by atoms with Gasteiger partial charge in [0.25, 0.3) is 0 Å². The predicted molar refractivity (Wildman–Crippen MR) is 90.8 cm³/mol. The maximum absolute atomic E-state index is 6.21. The Morgan fingerprint density at radius 2 is 2.00 bits per heavy atom. The summed E-state index contributed by atoms with van der Waals surface area (Å²) in [6.45, 7) is 2.33. The second-order valence-corrected chi connectivity index (χ2v) is 7.21. The topological polar surface area (TPSA) is 17.8 Å². The van der Waals surface area contributed by atoms with Crippen molar-refractivity contribution < 1.29 is 0 Å². The SMILES string of the molecule is CC1CCCC(n2c(CCCl)nc3cc(Cl)c(Cl)cc32)C1. The molecule has 2 atom stereocenters. The van der Waals surface area contributed by atoms with Crippen molar-refractivity contribution in [2.45, 2.75) is 45.1 Å². The number of fused-ring (bicyclic) bond motifs is 1. The van der Waals surface area contributed by atoms with Crippen LogP contribution in [0.2, 0.25) is 10.0 Å². The number of hydrogen-bond acceptors (Lipinski definition) is 1. The molecule has 0 aliphatic heterocycles. The van der Waals surface area contributed by atoms with Crippen LogP contribution in [-0.2, 0) is 6.42 Å². The van der Waals surface area contributed by atoms with Crippen molar-refractivity contribution in [2.24, 2.45) is 5.92 Å². The molecule has 2 unspecified atom stereocenters. The van der Waals surface area contributed by atoms with Gasteiger partial charge in [0.15, 0.2) is 0 Å². The third-order valence-corrected chi connectivity index (χ3v) is 5.31. The van der Waals surface area contributed by atoms with Gasteiger partial charge < -0.3 is 4.57 Å². The number of benzene rings is 1. The van der Waals surface area contributed by atoms with Crippen LogP contribution in [0.3, 0.4) is 0 Å². The lowest BCUT2D eigenvalue weighted by Crippen LogP contribution is -2.19. The van der Waals surface area contributed by atoms with Gasteiger partial charge in [-0.15, -0.1) is 11.6 Å². The molecular formula is C16H19Cl3N2. The molecule has 0 saturated heterocycles. The van der Waals surface area contributed by atoms with E-state index >= 15 is 0 Å². The van der Waals surface area contributed by atoms with E-state index in [0.717, 1.165) is 29.2 Å². The van der Waals surface area contributed by atoms with Crippen LogP contribution < -0.4 is 0 Å². The highest BCUT2D eigenvalue weighted by Gasteiger charge is 2.24. The Labute approximate surface area is 140 Å². The van der Waals surface area contributed by atoms with Crippen molar-refractivity contribution in [3.63, 3.8) is 0 Å². The Balaban J connectivity index is 2.12. The van der Waals surface area contributed by atoms with E-state index in [2.05, 4.69) is 11.5 Å². The van der Waals surface area contributed by atoms with Gasteiger partial charge in [-0.2, -0.15) is 0 Å². The summed E-state index contributed by atoms with van der Waals surface area (Å²) >= 11 is 18.3. The fourth-order valence-electron chi connectivity index (χ4n) is 3.45. The molecule has 1 aromatic carbocycles. The van der Waals surface area contributed by atoms with Crippen molar-refractivity contribution in [3.8, 4) is 0 Å². The fraction of sp³-hybridized carbons (Fsp3) is 0.562. The van der Waals surface area contributed by atoms with E-state index < -0.39 is 0 Å². The van der Waals surface area contributed by atoms with Gasteiger partial charge in [-0.25, -0.2) is 4.98 Å². The molecule has 2 nitrogen and oxygen atoms in total. The maximum atomic E-state index is 6.21. The minimum absolute atomic E-state index is 0.495. The molecule has 0 amide bonds. The monoisotopic (exact) mass is 344 g/mol. The number of hydrogen-bond donors (Lipinski definition) is 0. The van der Waals surface area contributed by atoms with Crippen LogP contribution in [0.25, 0.3) is 11.0 Å². The van der Waals surface area contributed by atoms with Gasteiger partial charge in [0, 0.05) is 18.3 Å². The van der Waals surface area contributed by atoms with E-state index in [9.17, 15) is 0 Å². The zero-order valence-corrected chi connectivity index (χ0v) is 14.3. The molecule has 1 heterocycles. The summed E-state index contributed by atoms with van der Waals surface area (Å²) in [6.07, 6.45) is 5.76. The molecule has 0 bridgehead atoms. The maximum Gasteiger partial charge on any atom is 0.111 e. The number of rotatable bonds is 3. The van der Waals surface area contributed by atoms with E-state index in [-0.39, 0.29) is 0 Å². The van der Waals surface area contributed by atoms with Crippen LogP contribution in [0.15, 0.2) is 12.1 Å². The summed E-state index contributed by atoms with van der Waals surface area (Å²) in [5.41, 5.74) is 2.01. The van der Waals surface area contributed by atoms with E-state index in [4.69, 9.17) is 39.8 Å².